The maximum atomic E-state index is 11.0. The molecule has 0 heterocycles. The highest BCUT2D eigenvalue weighted by Gasteiger charge is 2.19. The number of nitro groups is 1. The van der Waals surface area contributed by atoms with Gasteiger partial charge in [-0.3, -0.25) is 10.1 Å². The Bertz CT molecular complexity index is 514. The number of rotatable bonds is 4. The predicted octanol–water partition coefficient (Wildman–Crippen LogP) is 4.98. The van der Waals surface area contributed by atoms with Gasteiger partial charge in [-0.05, 0) is 50.7 Å². The third kappa shape index (κ3) is 3.96. The zero-order valence-corrected chi connectivity index (χ0v) is 13.3. The Morgan fingerprint density at radius 2 is 1.95 bits per heavy atom. The molecule has 1 N–H and O–H groups in total. The zero-order chi connectivity index (χ0) is 15.4. The van der Waals surface area contributed by atoms with Gasteiger partial charge in [0.15, 0.2) is 0 Å². The lowest BCUT2D eigenvalue weighted by Crippen LogP contribution is -2.19. The summed E-state index contributed by atoms with van der Waals surface area (Å²) in [5.74, 6) is 0.872. The van der Waals surface area contributed by atoms with Crippen molar-refractivity contribution in [2.75, 3.05) is 5.32 Å². The fourth-order valence-electron chi connectivity index (χ4n) is 3.30. The second kappa shape index (κ2) is 6.92. The first kappa shape index (κ1) is 15.8. The molecule has 0 aromatic heterocycles. The summed E-state index contributed by atoms with van der Waals surface area (Å²) in [6.07, 6.45) is 7.59. The van der Waals surface area contributed by atoms with Crippen LogP contribution in [0.25, 0.3) is 0 Å². The van der Waals surface area contributed by atoms with Gasteiger partial charge in [-0.25, -0.2) is 0 Å². The first-order valence-corrected chi connectivity index (χ1v) is 8.03. The molecule has 0 saturated heterocycles. The van der Waals surface area contributed by atoms with Crippen molar-refractivity contribution < 1.29 is 4.92 Å². The van der Waals surface area contributed by atoms with Crippen LogP contribution in [0.4, 0.5) is 11.4 Å². The molecule has 1 aromatic carbocycles. The first-order valence-electron chi connectivity index (χ1n) is 8.03. The highest BCUT2D eigenvalue weighted by molar-refractivity contribution is 5.59. The molecule has 1 fully saturated rings. The van der Waals surface area contributed by atoms with Crippen molar-refractivity contribution in [3.8, 4) is 0 Å². The molecule has 0 aliphatic heterocycles. The summed E-state index contributed by atoms with van der Waals surface area (Å²) >= 11 is 0. The Morgan fingerprint density at radius 1 is 1.19 bits per heavy atom. The summed E-state index contributed by atoms with van der Waals surface area (Å²) in [6, 6.07) is 4.11. The number of hydrogen-bond donors (Lipinski definition) is 1. The molecular weight excluding hydrogens is 264 g/mol. The van der Waals surface area contributed by atoms with Crippen LogP contribution in [0.2, 0.25) is 0 Å². The molecule has 2 atom stereocenters. The molecule has 4 nitrogen and oxygen atoms in total. The van der Waals surface area contributed by atoms with Crippen LogP contribution in [0, 0.1) is 29.9 Å². The molecule has 0 amide bonds. The van der Waals surface area contributed by atoms with E-state index in [1.807, 2.05) is 19.9 Å². The van der Waals surface area contributed by atoms with E-state index in [1.165, 1.54) is 38.5 Å². The van der Waals surface area contributed by atoms with Gasteiger partial charge in [0.25, 0.3) is 5.69 Å². The minimum Gasteiger partial charge on any atom is -0.382 e. The minimum atomic E-state index is -0.302. The van der Waals surface area contributed by atoms with Crippen LogP contribution < -0.4 is 5.32 Å². The summed E-state index contributed by atoms with van der Waals surface area (Å²) in [5, 5.41) is 14.6. The van der Waals surface area contributed by atoms with E-state index in [1.54, 1.807) is 6.07 Å². The van der Waals surface area contributed by atoms with Gasteiger partial charge in [0.1, 0.15) is 0 Å². The maximum Gasteiger partial charge on any atom is 0.272 e. The van der Waals surface area contributed by atoms with E-state index in [4.69, 9.17) is 0 Å². The Balaban J connectivity index is 2.09. The van der Waals surface area contributed by atoms with Gasteiger partial charge in [0.05, 0.1) is 4.92 Å². The van der Waals surface area contributed by atoms with Crippen LogP contribution in [0.5, 0.6) is 0 Å². The normalized spacial score (nSPS) is 22.6. The second-order valence-electron chi connectivity index (χ2n) is 6.33. The van der Waals surface area contributed by atoms with Crippen molar-refractivity contribution >= 4 is 11.4 Å². The lowest BCUT2D eigenvalue weighted by molar-refractivity contribution is -0.385. The number of benzene rings is 1. The monoisotopic (exact) mass is 290 g/mol. The number of nitro benzene ring substituents is 1. The molecule has 1 aliphatic carbocycles. The van der Waals surface area contributed by atoms with Gasteiger partial charge < -0.3 is 5.32 Å². The molecule has 116 valence electrons. The number of anilines is 1. The van der Waals surface area contributed by atoms with Gasteiger partial charge in [-0.1, -0.05) is 26.2 Å². The summed E-state index contributed by atoms with van der Waals surface area (Å²) in [4.78, 5) is 10.7. The smallest absolute Gasteiger partial charge is 0.272 e. The summed E-state index contributed by atoms with van der Waals surface area (Å²) in [5.41, 5.74) is 2.96. The number of nitrogens with one attached hydrogen (secondary N) is 1. The van der Waals surface area contributed by atoms with Crippen LogP contribution in [0.1, 0.15) is 56.6 Å². The van der Waals surface area contributed by atoms with Gasteiger partial charge in [-0.15, -0.1) is 0 Å². The molecule has 1 saturated carbocycles. The molecular formula is C17H26N2O2. The van der Waals surface area contributed by atoms with Gasteiger partial charge in [0.2, 0.25) is 0 Å². The number of aryl methyl sites for hydroxylation is 2. The highest BCUT2D eigenvalue weighted by Crippen LogP contribution is 2.30. The average Bonchev–Trinajstić information content (AvgIpc) is 2.67. The van der Waals surface area contributed by atoms with Crippen molar-refractivity contribution in [1.82, 2.24) is 0 Å². The highest BCUT2D eigenvalue weighted by atomic mass is 16.6. The Labute approximate surface area is 127 Å². The fourth-order valence-corrected chi connectivity index (χ4v) is 3.30. The predicted molar refractivity (Wildman–Crippen MR) is 86.8 cm³/mol. The molecule has 0 bridgehead atoms. The fraction of sp³-hybridized carbons (Fsp3) is 0.647. The van der Waals surface area contributed by atoms with Crippen LogP contribution in [-0.2, 0) is 0 Å². The number of nitrogens with zero attached hydrogens (tertiary/aromatic N) is 1. The summed E-state index contributed by atoms with van der Waals surface area (Å²) < 4.78 is 0. The Morgan fingerprint density at radius 3 is 2.62 bits per heavy atom. The van der Waals surface area contributed by atoms with E-state index in [2.05, 4.69) is 12.2 Å². The lowest BCUT2D eigenvalue weighted by Gasteiger charge is -2.20. The molecule has 0 radical (unpaired) electrons. The SMILES string of the molecule is CCC1CCCC(Nc2cc(C)c([N+](=O)[O-])cc2C)CC1. The average molecular weight is 290 g/mol. The molecule has 1 aliphatic rings. The third-order valence-electron chi connectivity index (χ3n) is 4.76. The first-order chi connectivity index (χ1) is 10.0. The van der Waals surface area contributed by atoms with Crippen molar-refractivity contribution in [2.24, 2.45) is 5.92 Å². The Hall–Kier alpha value is -1.58. The largest absolute Gasteiger partial charge is 0.382 e. The van der Waals surface area contributed by atoms with Crippen molar-refractivity contribution in [1.29, 1.82) is 0 Å². The lowest BCUT2D eigenvalue weighted by atomic mass is 9.97. The van der Waals surface area contributed by atoms with Crippen LogP contribution >= 0.6 is 0 Å². The van der Waals surface area contributed by atoms with E-state index in [0.717, 1.165) is 22.7 Å². The van der Waals surface area contributed by atoms with E-state index < -0.39 is 0 Å². The topological polar surface area (TPSA) is 55.2 Å². The molecule has 1 aromatic rings. The molecule has 21 heavy (non-hydrogen) atoms. The zero-order valence-electron chi connectivity index (χ0n) is 13.3. The molecule has 2 unspecified atom stereocenters. The maximum absolute atomic E-state index is 11.0. The molecule has 4 heteroatoms. The molecule has 2 rings (SSSR count). The standard InChI is InChI=1S/C17H26N2O2/c1-4-14-6-5-7-15(9-8-14)18-16-10-13(3)17(19(20)21)11-12(16)2/h10-11,14-15,18H,4-9H2,1-3H3. The van der Waals surface area contributed by atoms with E-state index in [0.29, 0.717) is 6.04 Å². The van der Waals surface area contributed by atoms with Crippen LogP contribution in [0.15, 0.2) is 12.1 Å². The van der Waals surface area contributed by atoms with Gasteiger partial charge in [-0.2, -0.15) is 0 Å². The summed E-state index contributed by atoms with van der Waals surface area (Å²) in [6.45, 7) is 6.03. The number of hydrogen-bond acceptors (Lipinski definition) is 3. The van der Waals surface area contributed by atoms with Gasteiger partial charge in [0, 0.05) is 23.4 Å². The molecule has 0 spiro atoms. The minimum absolute atomic E-state index is 0.213. The second-order valence-corrected chi connectivity index (χ2v) is 6.33. The van der Waals surface area contributed by atoms with E-state index in [9.17, 15) is 10.1 Å². The van der Waals surface area contributed by atoms with E-state index >= 15 is 0 Å². The van der Waals surface area contributed by atoms with Crippen molar-refractivity contribution in [3.05, 3.63) is 33.4 Å². The van der Waals surface area contributed by atoms with E-state index in [-0.39, 0.29) is 10.6 Å². The van der Waals surface area contributed by atoms with Crippen LogP contribution in [0.3, 0.4) is 0 Å². The third-order valence-corrected chi connectivity index (χ3v) is 4.76. The van der Waals surface area contributed by atoms with Gasteiger partial charge >= 0.3 is 0 Å². The van der Waals surface area contributed by atoms with Crippen LogP contribution in [-0.4, -0.2) is 11.0 Å². The Kier molecular flexibility index (Phi) is 5.21. The van der Waals surface area contributed by atoms with Crippen molar-refractivity contribution in [2.45, 2.75) is 65.3 Å². The summed E-state index contributed by atoms with van der Waals surface area (Å²) in [7, 11) is 0. The quantitative estimate of drug-likeness (QED) is 0.483. The van der Waals surface area contributed by atoms with Crippen molar-refractivity contribution in [3.63, 3.8) is 0 Å².